The maximum atomic E-state index is 13.0. The van der Waals surface area contributed by atoms with Gasteiger partial charge in [-0.05, 0) is 55.7 Å². The highest BCUT2D eigenvalue weighted by Gasteiger charge is 2.31. The number of likely N-dealkylation sites (tertiary alicyclic amines) is 1. The summed E-state index contributed by atoms with van der Waals surface area (Å²) >= 11 is 0. The van der Waals surface area contributed by atoms with Crippen LogP contribution in [0, 0.1) is 0 Å². The number of methoxy groups -OCH3 is 1. The number of benzene rings is 2. The van der Waals surface area contributed by atoms with E-state index in [2.05, 4.69) is 0 Å². The van der Waals surface area contributed by atoms with Crippen LogP contribution in [0.15, 0.2) is 36.4 Å². The summed E-state index contributed by atoms with van der Waals surface area (Å²) in [7, 11) is 1.51. The normalized spacial score (nSPS) is 17.7. The minimum Gasteiger partial charge on any atom is -0.493 e. The van der Waals surface area contributed by atoms with Crippen molar-refractivity contribution in [2.75, 3.05) is 33.5 Å². The Morgan fingerprint density at radius 2 is 1.84 bits per heavy atom. The predicted molar refractivity (Wildman–Crippen MR) is 114 cm³/mol. The number of nitrogens with zero attached hydrogens (tertiary/aromatic N) is 1. The van der Waals surface area contributed by atoms with E-state index in [0.717, 1.165) is 36.3 Å². The van der Waals surface area contributed by atoms with E-state index in [-0.39, 0.29) is 24.3 Å². The number of Topliss-reactive ketones (excluding diaryl/α,β-unsaturated/α-hetero) is 1. The molecule has 1 amide bonds. The number of amides is 1. The van der Waals surface area contributed by atoms with Gasteiger partial charge in [-0.3, -0.25) is 9.59 Å². The molecule has 0 radical (unpaired) electrons. The van der Waals surface area contributed by atoms with Crippen LogP contribution in [0.4, 0.5) is 0 Å². The monoisotopic (exact) mass is 425 g/mol. The van der Waals surface area contributed by atoms with Crippen LogP contribution in [0.3, 0.4) is 0 Å². The molecule has 0 saturated carbocycles. The fourth-order valence-corrected chi connectivity index (χ4v) is 4.03. The molecule has 0 N–H and O–H groups in total. The molecule has 7 heteroatoms. The SMILES string of the molecule is COc1cc(C(C)=O)ccc1OCC(=O)N1CCC[C@@H]1c1ccc2c(c1)OCCCO2. The van der Waals surface area contributed by atoms with Crippen molar-refractivity contribution < 1.29 is 28.5 Å². The molecule has 7 nitrogen and oxygen atoms in total. The summed E-state index contributed by atoms with van der Waals surface area (Å²) in [4.78, 5) is 26.4. The second-order valence-corrected chi connectivity index (χ2v) is 7.71. The maximum absolute atomic E-state index is 13.0. The van der Waals surface area contributed by atoms with Crippen molar-refractivity contribution in [1.29, 1.82) is 0 Å². The van der Waals surface area contributed by atoms with Crippen molar-refractivity contribution in [3.8, 4) is 23.0 Å². The standard InChI is InChI=1S/C24H27NO6/c1-16(26)17-6-8-20(22(13-17)28-2)31-15-24(27)25-10-3-5-19(25)18-7-9-21-23(14-18)30-12-4-11-29-21/h6-9,13-14,19H,3-5,10-12,15H2,1-2H3/t19-/m1/s1. The highest BCUT2D eigenvalue weighted by molar-refractivity contribution is 5.94. The largest absolute Gasteiger partial charge is 0.493 e. The van der Waals surface area contributed by atoms with E-state index >= 15 is 0 Å². The molecule has 2 aliphatic heterocycles. The molecule has 1 atom stereocenters. The van der Waals surface area contributed by atoms with E-state index in [1.807, 2.05) is 23.1 Å². The molecular formula is C24H27NO6. The number of carbonyl (C=O) groups excluding carboxylic acids is 2. The predicted octanol–water partition coefficient (Wildman–Crippen LogP) is 3.80. The highest BCUT2D eigenvalue weighted by atomic mass is 16.5. The second-order valence-electron chi connectivity index (χ2n) is 7.71. The number of ether oxygens (including phenoxy) is 4. The van der Waals surface area contributed by atoms with Crippen molar-refractivity contribution in [2.45, 2.75) is 32.2 Å². The van der Waals surface area contributed by atoms with E-state index in [4.69, 9.17) is 18.9 Å². The molecule has 0 spiro atoms. The van der Waals surface area contributed by atoms with Crippen molar-refractivity contribution >= 4 is 11.7 Å². The molecule has 0 bridgehead atoms. The number of rotatable bonds is 6. The van der Waals surface area contributed by atoms with Crippen LogP contribution in [0.5, 0.6) is 23.0 Å². The van der Waals surface area contributed by atoms with Gasteiger partial charge in [0.1, 0.15) is 0 Å². The molecule has 2 aromatic rings. The maximum Gasteiger partial charge on any atom is 0.261 e. The van der Waals surface area contributed by atoms with Crippen LogP contribution in [0.1, 0.15) is 48.1 Å². The van der Waals surface area contributed by atoms with Crippen molar-refractivity contribution in [1.82, 2.24) is 4.90 Å². The van der Waals surface area contributed by atoms with Gasteiger partial charge >= 0.3 is 0 Å². The van der Waals surface area contributed by atoms with Crippen molar-refractivity contribution in [2.24, 2.45) is 0 Å². The first-order valence-electron chi connectivity index (χ1n) is 10.6. The van der Waals surface area contributed by atoms with E-state index in [1.54, 1.807) is 18.2 Å². The third kappa shape index (κ3) is 4.60. The first kappa shape index (κ1) is 21.0. The molecule has 4 rings (SSSR count). The van der Waals surface area contributed by atoms with E-state index in [0.29, 0.717) is 36.8 Å². The van der Waals surface area contributed by atoms with E-state index < -0.39 is 0 Å². The minimum atomic E-state index is -0.100. The molecule has 2 aliphatic rings. The van der Waals surface area contributed by atoms with Gasteiger partial charge in [0.05, 0.1) is 26.4 Å². The number of hydrogen-bond donors (Lipinski definition) is 0. The van der Waals surface area contributed by atoms with Crippen LogP contribution in [-0.4, -0.2) is 50.1 Å². The third-order valence-electron chi connectivity index (χ3n) is 5.65. The molecule has 2 heterocycles. The van der Waals surface area contributed by atoms with Gasteiger partial charge in [-0.1, -0.05) is 6.07 Å². The number of hydrogen-bond acceptors (Lipinski definition) is 6. The number of ketones is 1. The zero-order valence-corrected chi connectivity index (χ0v) is 17.9. The molecular weight excluding hydrogens is 398 g/mol. The number of carbonyl (C=O) groups is 2. The summed E-state index contributed by atoms with van der Waals surface area (Å²) in [6.07, 6.45) is 2.68. The van der Waals surface area contributed by atoms with Crippen LogP contribution in [-0.2, 0) is 4.79 Å². The molecule has 0 unspecified atom stereocenters. The average Bonchev–Trinajstić information content (AvgIpc) is 3.16. The lowest BCUT2D eigenvalue weighted by atomic mass is 10.0. The fourth-order valence-electron chi connectivity index (χ4n) is 4.03. The Morgan fingerprint density at radius 1 is 1.03 bits per heavy atom. The Kier molecular flexibility index (Phi) is 6.30. The molecule has 2 aromatic carbocycles. The van der Waals surface area contributed by atoms with Gasteiger partial charge in [0, 0.05) is 18.5 Å². The number of fused-ring (bicyclic) bond motifs is 1. The van der Waals surface area contributed by atoms with Gasteiger partial charge in [-0.2, -0.15) is 0 Å². The Hall–Kier alpha value is -3.22. The smallest absolute Gasteiger partial charge is 0.261 e. The molecule has 31 heavy (non-hydrogen) atoms. The molecule has 0 aliphatic carbocycles. The first-order valence-corrected chi connectivity index (χ1v) is 10.6. The van der Waals surface area contributed by atoms with Gasteiger partial charge in [0.25, 0.3) is 5.91 Å². The summed E-state index contributed by atoms with van der Waals surface area (Å²) in [5.74, 6) is 2.21. The van der Waals surface area contributed by atoms with Crippen LogP contribution in [0.2, 0.25) is 0 Å². The third-order valence-corrected chi connectivity index (χ3v) is 5.65. The first-order chi connectivity index (χ1) is 15.1. The van der Waals surface area contributed by atoms with E-state index in [9.17, 15) is 9.59 Å². The second kappa shape index (κ2) is 9.29. The summed E-state index contributed by atoms with van der Waals surface area (Å²) in [5.41, 5.74) is 1.57. The van der Waals surface area contributed by atoms with E-state index in [1.165, 1.54) is 14.0 Å². The lowest BCUT2D eigenvalue weighted by Gasteiger charge is -2.26. The van der Waals surface area contributed by atoms with Crippen LogP contribution >= 0.6 is 0 Å². The Labute approximate surface area is 181 Å². The zero-order chi connectivity index (χ0) is 21.8. The topological polar surface area (TPSA) is 74.3 Å². The Morgan fingerprint density at radius 3 is 2.61 bits per heavy atom. The van der Waals surface area contributed by atoms with Gasteiger partial charge in [-0.25, -0.2) is 0 Å². The summed E-state index contributed by atoms with van der Waals surface area (Å²) in [6.45, 7) is 3.35. The Bertz CT molecular complexity index is 973. The van der Waals surface area contributed by atoms with Gasteiger partial charge < -0.3 is 23.8 Å². The summed E-state index contributed by atoms with van der Waals surface area (Å²) in [6, 6.07) is 10.9. The van der Waals surface area contributed by atoms with Gasteiger partial charge in [-0.15, -0.1) is 0 Å². The molecule has 1 saturated heterocycles. The van der Waals surface area contributed by atoms with Crippen LogP contribution in [0.25, 0.3) is 0 Å². The lowest BCUT2D eigenvalue weighted by Crippen LogP contribution is -2.34. The highest BCUT2D eigenvalue weighted by Crippen LogP contribution is 2.38. The molecule has 1 fully saturated rings. The summed E-state index contributed by atoms with van der Waals surface area (Å²) < 4.78 is 22.6. The van der Waals surface area contributed by atoms with Crippen molar-refractivity contribution in [3.05, 3.63) is 47.5 Å². The van der Waals surface area contributed by atoms with Gasteiger partial charge in [0.2, 0.25) is 0 Å². The zero-order valence-electron chi connectivity index (χ0n) is 17.9. The average molecular weight is 425 g/mol. The molecule has 0 aromatic heterocycles. The van der Waals surface area contributed by atoms with Gasteiger partial charge in [0.15, 0.2) is 35.4 Å². The van der Waals surface area contributed by atoms with Crippen molar-refractivity contribution in [3.63, 3.8) is 0 Å². The lowest BCUT2D eigenvalue weighted by molar-refractivity contribution is -0.134. The summed E-state index contributed by atoms with van der Waals surface area (Å²) in [5, 5.41) is 0. The minimum absolute atomic E-state index is 0.0183. The fraction of sp³-hybridized carbons (Fsp3) is 0.417. The van der Waals surface area contributed by atoms with Crippen LogP contribution < -0.4 is 18.9 Å². The quantitative estimate of drug-likeness (QED) is 0.656. The Balaban J connectivity index is 1.45. The molecule has 164 valence electrons.